The summed E-state index contributed by atoms with van der Waals surface area (Å²) in [5.41, 5.74) is 6.23. The van der Waals surface area contributed by atoms with Crippen LogP contribution in [0.3, 0.4) is 0 Å². The molecular formula is C38H37N7O9S. The van der Waals surface area contributed by atoms with E-state index in [9.17, 15) is 19.2 Å². The van der Waals surface area contributed by atoms with Crippen LogP contribution in [0.1, 0.15) is 33.3 Å². The lowest BCUT2D eigenvalue weighted by Gasteiger charge is -2.44. The summed E-state index contributed by atoms with van der Waals surface area (Å²) in [6, 6.07) is 28.6. The number of hydrogen-bond acceptors (Lipinski definition) is 17. The maximum atomic E-state index is 12.5. The molecule has 1 saturated heterocycles. The van der Waals surface area contributed by atoms with Gasteiger partial charge in [0.25, 0.3) is 5.95 Å². The van der Waals surface area contributed by atoms with Crippen LogP contribution in [0.2, 0.25) is 0 Å². The predicted molar refractivity (Wildman–Crippen MR) is 201 cm³/mol. The zero-order valence-corrected chi connectivity index (χ0v) is 31.0. The third-order valence-corrected chi connectivity index (χ3v) is 9.21. The Balaban J connectivity index is 1.39. The molecule has 0 saturated carbocycles. The van der Waals surface area contributed by atoms with Gasteiger partial charge in [-0.25, -0.2) is 4.98 Å². The summed E-state index contributed by atoms with van der Waals surface area (Å²) in [7, 11) is 0. The normalized spacial score (nSPS) is 20.7. The third-order valence-electron chi connectivity index (χ3n) is 8.09. The minimum absolute atomic E-state index is 0.127. The zero-order chi connectivity index (χ0) is 38.9. The highest BCUT2D eigenvalue weighted by molar-refractivity contribution is 8.14. The Kier molecular flexibility index (Phi) is 12.4. The Bertz CT molecular complexity index is 2070. The number of carbonyl (C=O) groups is 4. The molecule has 0 aliphatic carbocycles. The quantitative estimate of drug-likeness (QED) is 0.166. The number of nitrogens with one attached hydrogen (secondary N) is 1. The number of esters is 4. The number of carbonyl (C=O) groups excluding carboxylic acids is 4. The maximum absolute atomic E-state index is 12.5. The van der Waals surface area contributed by atoms with Crippen LogP contribution in [-0.4, -0.2) is 98.0 Å². The summed E-state index contributed by atoms with van der Waals surface area (Å²) >= 11 is 0.965. The van der Waals surface area contributed by atoms with Crippen LogP contribution >= 0.6 is 11.8 Å². The highest BCUT2D eigenvalue weighted by Gasteiger charge is 2.53. The summed E-state index contributed by atoms with van der Waals surface area (Å²) in [6.07, 6.45) is -5.16. The fourth-order valence-corrected chi connectivity index (χ4v) is 6.91. The van der Waals surface area contributed by atoms with Crippen LogP contribution in [0.5, 0.6) is 0 Å². The molecule has 2 aliphatic heterocycles. The van der Waals surface area contributed by atoms with Crippen molar-refractivity contribution in [2.45, 2.75) is 57.5 Å². The van der Waals surface area contributed by atoms with Crippen molar-refractivity contribution in [1.29, 1.82) is 0 Å². The second-order valence-electron chi connectivity index (χ2n) is 12.2. The molecule has 1 fully saturated rings. The fraction of sp³-hybridized carbons (Fsp3) is 0.289. The van der Waals surface area contributed by atoms with Gasteiger partial charge in [-0.3, -0.25) is 29.6 Å². The number of thioether (sulfide) groups is 1. The lowest BCUT2D eigenvalue weighted by atomic mass is 9.99. The van der Waals surface area contributed by atoms with E-state index < -0.39 is 53.7 Å². The van der Waals surface area contributed by atoms with Gasteiger partial charge >= 0.3 is 23.9 Å². The number of anilines is 1. The fourth-order valence-electron chi connectivity index (χ4n) is 5.83. The van der Waals surface area contributed by atoms with Crippen LogP contribution in [0.25, 0.3) is 22.5 Å². The third kappa shape index (κ3) is 9.87. The summed E-state index contributed by atoms with van der Waals surface area (Å²) in [5.74, 6) is -2.71. The van der Waals surface area contributed by atoms with Crippen molar-refractivity contribution in [3.63, 3.8) is 0 Å². The van der Waals surface area contributed by atoms with E-state index in [0.717, 1.165) is 42.3 Å². The van der Waals surface area contributed by atoms with Gasteiger partial charge in [-0.2, -0.15) is 5.10 Å². The van der Waals surface area contributed by atoms with Crippen LogP contribution in [0, 0.1) is 0 Å². The van der Waals surface area contributed by atoms with Crippen molar-refractivity contribution in [3.8, 4) is 22.5 Å². The van der Waals surface area contributed by atoms with Crippen molar-refractivity contribution in [2.75, 3.05) is 18.6 Å². The monoisotopic (exact) mass is 767 g/mol. The summed E-state index contributed by atoms with van der Waals surface area (Å²) in [5, 5.41) is 19.9. The Morgan fingerprint density at radius 2 is 1.24 bits per heavy atom. The Hall–Kier alpha value is -6.20. The topological polar surface area (TPSA) is 193 Å². The maximum Gasteiger partial charge on any atom is 0.303 e. The Morgan fingerprint density at radius 3 is 1.82 bits per heavy atom. The molecule has 55 heavy (non-hydrogen) atoms. The van der Waals surface area contributed by atoms with E-state index in [-0.39, 0.29) is 24.3 Å². The average Bonchev–Trinajstić information content (AvgIpc) is 3.17. The van der Waals surface area contributed by atoms with E-state index in [0.29, 0.717) is 17.1 Å². The Morgan fingerprint density at radius 1 is 0.691 bits per heavy atom. The van der Waals surface area contributed by atoms with Crippen molar-refractivity contribution in [2.24, 2.45) is 10.2 Å². The van der Waals surface area contributed by atoms with Gasteiger partial charge in [-0.05, 0) is 17.3 Å². The molecule has 5 atom stereocenters. The molecule has 6 rings (SSSR count). The van der Waals surface area contributed by atoms with Crippen LogP contribution in [0.4, 0.5) is 5.95 Å². The standard InChI is InChI=1S/C38H37N7O9S/c1-22(46)50-21-30-33(51-23(2)47)34(52-24(3)48)35(53-25(4)49)36(54-30)55-38-43-40-29(26-14-8-5-9-15-26)20-45(38)44-37-39-31(27-16-10-6-11-17-27)32(41-42-37)28-18-12-7-13-19-28/h5-19,30,33-36H,20-21H2,1-4H3,(H,39,42,44)/t30-,33-,34+,35-,36+/m1/s1. The highest BCUT2D eigenvalue weighted by atomic mass is 32.2. The first-order valence-corrected chi connectivity index (χ1v) is 18.0. The molecular weight excluding hydrogens is 731 g/mol. The number of hydrogen-bond donors (Lipinski definition) is 1. The molecule has 0 unspecified atom stereocenters. The van der Waals surface area contributed by atoms with E-state index in [1.165, 1.54) is 13.8 Å². The largest absolute Gasteiger partial charge is 0.463 e. The van der Waals surface area contributed by atoms with Gasteiger partial charge in [0.05, 0.1) is 12.3 Å². The second kappa shape index (κ2) is 17.7. The van der Waals surface area contributed by atoms with Gasteiger partial charge in [0.2, 0.25) is 5.17 Å². The number of benzene rings is 3. The number of nitrogens with zero attached hydrogens (tertiary/aromatic N) is 6. The molecule has 1 aromatic heterocycles. The SMILES string of the molecule is CC(=O)OC[C@H]1O[C@@H](SC2=NN=C(c3ccccc3)CN2Nc2nnc(-c3ccccc3)c(-c3ccccc3)n2)[C@H](OC(C)=O)[C@@H](OC(C)=O)[C@@H]1OC(C)=O. The zero-order valence-electron chi connectivity index (χ0n) is 30.2. The van der Waals surface area contributed by atoms with E-state index in [1.54, 1.807) is 5.01 Å². The van der Waals surface area contributed by atoms with E-state index >= 15 is 0 Å². The van der Waals surface area contributed by atoms with Gasteiger partial charge in [0.15, 0.2) is 23.7 Å². The van der Waals surface area contributed by atoms with Gasteiger partial charge < -0.3 is 23.7 Å². The number of ether oxygens (including phenoxy) is 5. The van der Waals surface area contributed by atoms with Gasteiger partial charge in [0, 0.05) is 38.8 Å². The molecule has 0 amide bonds. The molecule has 3 aromatic carbocycles. The van der Waals surface area contributed by atoms with Crippen LogP contribution in [-0.2, 0) is 42.9 Å². The summed E-state index contributed by atoms with van der Waals surface area (Å²) in [6.45, 7) is 4.46. The molecule has 0 radical (unpaired) electrons. The molecule has 0 bridgehead atoms. The molecule has 1 N–H and O–H groups in total. The van der Waals surface area contributed by atoms with Crippen molar-refractivity contribution >= 4 is 52.5 Å². The molecule has 17 heteroatoms. The molecule has 4 aromatic rings. The highest BCUT2D eigenvalue weighted by Crippen LogP contribution is 2.36. The van der Waals surface area contributed by atoms with Crippen molar-refractivity contribution < 1.29 is 42.9 Å². The predicted octanol–water partition coefficient (Wildman–Crippen LogP) is 4.42. The average molecular weight is 768 g/mol. The first-order chi connectivity index (χ1) is 26.5. The van der Waals surface area contributed by atoms with Gasteiger partial charge in [0.1, 0.15) is 24.1 Å². The van der Waals surface area contributed by atoms with Crippen LogP contribution < -0.4 is 5.43 Å². The minimum Gasteiger partial charge on any atom is -0.463 e. The molecule has 0 spiro atoms. The first kappa shape index (κ1) is 38.5. The molecule has 16 nitrogen and oxygen atoms in total. The molecule has 2 aliphatic rings. The van der Waals surface area contributed by atoms with Crippen molar-refractivity contribution in [3.05, 3.63) is 96.6 Å². The lowest BCUT2D eigenvalue weighted by molar-refractivity contribution is -0.237. The first-order valence-electron chi connectivity index (χ1n) is 17.1. The second-order valence-corrected chi connectivity index (χ2v) is 13.3. The lowest BCUT2D eigenvalue weighted by Crippen LogP contribution is -2.62. The molecule has 284 valence electrons. The van der Waals surface area contributed by atoms with E-state index in [4.69, 9.17) is 28.7 Å². The number of aromatic nitrogens is 3. The number of amidine groups is 1. The number of hydrazine groups is 1. The smallest absolute Gasteiger partial charge is 0.303 e. The van der Waals surface area contributed by atoms with Gasteiger partial charge in [-0.15, -0.1) is 15.3 Å². The van der Waals surface area contributed by atoms with Gasteiger partial charge in [-0.1, -0.05) is 91.0 Å². The summed E-state index contributed by atoms with van der Waals surface area (Å²) in [4.78, 5) is 53.9. The van der Waals surface area contributed by atoms with E-state index in [1.807, 2.05) is 91.0 Å². The van der Waals surface area contributed by atoms with E-state index in [2.05, 4.69) is 25.8 Å². The number of rotatable bonds is 11. The Labute approximate surface area is 320 Å². The van der Waals surface area contributed by atoms with Crippen molar-refractivity contribution in [1.82, 2.24) is 20.2 Å². The van der Waals surface area contributed by atoms with Crippen LogP contribution in [0.15, 0.2) is 101 Å². The summed E-state index contributed by atoms with van der Waals surface area (Å²) < 4.78 is 28.4. The minimum atomic E-state index is -1.36. The molecule has 3 heterocycles.